The van der Waals surface area contributed by atoms with E-state index >= 15 is 0 Å². The molecule has 2 nitrogen and oxygen atoms in total. The van der Waals surface area contributed by atoms with E-state index in [0.717, 1.165) is 19.6 Å². The number of nitrogens with zero attached hydrogens (tertiary/aromatic N) is 1. The maximum Gasteiger partial charge on any atom is 0.0424 e. The van der Waals surface area contributed by atoms with Crippen molar-refractivity contribution in [3.05, 3.63) is 33.8 Å². The summed E-state index contributed by atoms with van der Waals surface area (Å²) in [6.45, 7) is 4.94. The van der Waals surface area contributed by atoms with Gasteiger partial charge in [0.05, 0.1) is 0 Å². The lowest BCUT2D eigenvalue weighted by molar-refractivity contribution is 0.105. The summed E-state index contributed by atoms with van der Waals surface area (Å²) >= 11 is 12.2. The average molecular weight is 315 g/mol. The van der Waals surface area contributed by atoms with E-state index in [4.69, 9.17) is 28.9 Å². The van der Waals surface area contributed by atoms with Crippen molar-refractivity contribution >= 4 is 23.2 Å². The fourth-order valence-corrected chi connectivity index (χ4v) is 3.92. The van der Waals surface area contributed by atoms with Crippen molar-refractivity contribution in [2.45, 2.75) is 45.2 Å². The van der Waals surface area contributed by atoms with Gasteiger partial charge in [0.1, 0.15) is 0 Å². The minimum atomic E-state index is 0.594. The Labute approximate surface area is 132 Å². The smallest absolute Gasteiger partial charge is 0.0424 e. The zero-order valence-electron chi connectivity index (χ0n) is 12.1. The average Bonchev–Trinajstić information content (AvgIpc) is 2.43. The summed E-state index contributed by atoms with van der Waals surface area (Å²) in [5, 5.41) is 1.42. The highest BCUT2D eigenvalue weighted by molar-refractivity contribution is 6.34. The van der Waals surface area contributed by atoms with Crippen molar-refractivity contribution in [1.29, 1.82) is 0 Å². The Bertz CT molecular complexity index is 416. The van der Waals surface area contributed by atoms with Crippen molar-refractivity contribution < 1.29 is 0 Å². The molecular formula is C16H24Cl2N2. The molecule has 1 aromatic carbocycles. The first kappa shape index (κ1) is 16.1. The molecule has 1 aromatic rings. The predicted octanol–water partition coefficient (Wildman–Crippen LogP) is 4.33. The van der Waals surface area contributed by atoms with E-state index in [1.807, 2.05) is 12.1 Å². The number of benzene rings is 1. The van der Waals surface area contributed by atoms with Crippen LogP contribution in [0.25, 0.3) is 0 Å². The van der Waals surface area contributed by atoms with Crippen molar-refractivity contribution in [3.63, 3.8) is 0 Å². The van der Waals surface area contributed by atoms with Gasteiger partial charge in [-0.1, -0.05) is 43.0 Å². The standard InChI is InChI=1S/C16H24Cl2N2/c1-2-20(16-6-4-3-5-13(16)10-19)11-12-7-14(17)9-15(18)8-12/h7-9,13,16H,2-6,10-11,19H2,1H3. The maximum atomic E-state index is 6.10. The van der Waals surface area contributed by atoms with Gasteiger partial charge in [-0.05, 0) is 55.6 Å². The molecular weight excluding hydrogens is 291 g/mol. The summed E-state index contributed by atoms with van der Waals surface area (Å²) < 4.78 is 0. The molecule has 1 aliphatic rings. The molecule has 2 atom stereocenters. The van der Waals surface area contributed by atoms with E-state index in [1.54, 1.807) is 6.07 Å². The first-order valence-electron chi connectivity index (χ1n) is 7.53. The number of hydrogen-bond acceptors (Lipinski definition) is 2. The molecule has 0 amide bonds. The fourth-order valence-electron chi connectivity index (χ4n) is 3.34. The number of rotatable bonds is 5. The quantitative estimate of drug-likeness (QED) is 0.876. The third-order valence-electron chi connectivity index (χ3n) is 4.35. The second kappa shape index (κ2) is 7.65. The molecule has 0 saturated heterocycles. The SMILES string of the molecule is CCN(Cc1cc(Cl)cc(Cl)c1)C1CCCCC1CN. The molecule has 112 valence electrons. The van der Waals surface area contributed by atoms with Crippen LogP contribution in [-0.4, -0.2) is 24.0 Å². The molecule has 2 unspecified atom stereocenters. The zero-order valence-corrected chi connectivity index (χ0v) is 13.6. The van der Waals surface area contributed by atoms with E-state index in [9.17, 15) is 0 Å². The van der Waals surface area contributed by atoms with Crippen LogP contribution >= 0.6 is 23.2 Å². The first-order valence-corrected chi connectivity index (χ1v) is 8.28. The summed E-state index contributed by atoms with van der Waals surface area (Å²) in [4.78, 5) is 2.53. The van der Waals surface area contributed by atoms with Gasteiger partial charge in [0, 0.05) is 22.6 Å². The summed E-state index contributed by atoms with van der Waals surface area (Å²) in [6.07, 6.45) is 5.14. The third-order valence-corrected chi connectivity index (χ3v) is 4.79. The van der Waals surface area contributed by atoms with Crippen LogP contribution in [-0.2, 0) is 6.54 Å². The topological polar surface area (TPSA) is 29.3 Å². The monoisotopic (exact) mass is 314 g/mol. The van der Waals surface area contributed by atoms with Gasteiger partial charge in [0.25, 0.3) is 0 Å². The van der Waals surface area contributed by atoms with E-state index in [1.165, 1.54) is 31.2 Å². The molecule has 2 N–H and O–H groups in total. The van der Waals surface area contributed by atoms with Crippen LogP contribution in [0.3, 0.4) is 0 Å². The zero-order chi connectivity index (χ0) is 14.5. The second-order valence-corrected chi connectivity index (χ2v) is 6.56. The van der Waals surface area contributed by atoms with Crippen molar-refractivity contribution in [1.82, 2.24) is 4.90 Å². The first-order chi connectivity index (χ1) is 9.63. The highest BCUT2D eigenvalue weighted by Gasteiger charge is 2.28. The Morgan fingerprint density at radius 1 is 1.15 bits per heavy atom. The van der Waals surface area contributed by atoms with E-state index in [2.05, 4.69) is 11.8 Å². The van der Waals surface area contributed by atoms with Crippen LogP contribution in [0.2, 0.25) is 10.0 Å². The molecule has 0 radical (unpaired) electrons. The van der Waals surface area contributed by atoms with E-state index in [0.29, 0.717) is 22.0 Å². The molecule has 1 aliphatic carbocycles. The largest absolute Gasteiger partial charge is 0.330 e. The van der Waals surface area contributed by atoms with Crippen LogP contribution in [0, 0.1) is 5.92 Å². The van der Waals surface area contributed by atoms with Crippen molar-refractivity contribution in [3.8, 4) is 0 Å². The molecule has 0 aromatic heterocycles. The van der Waals surface area contributed by atoms with E-state index < -0.39 is 0 Å². The molecule has 0 heterocycles. The normalized spacial score (nSPS) is 23.2. The second-order valence-electron chi connectivity index (χ2n) is 5.69. The van der Waals surface area contributed by atoms with Crippen LogP contribution in [0.15, 0.2) is 18.2 Å². The summed E-state index contributed by atoms with van der Waals surface area (Å²) in [5.74, 6) is 0.623. The number of halogens is 2. The Kier molecular flexibility index (Phi) is 6.16. The van der Waals surface area contributed by atoms with Crippen molar-refractivity contribution in [2.75, 3.05) is 13.1 Å². The molecule has 0 aliphatic heterocycles. The Hall–Kier alpha value is -0.280. The van der Waals surface area contributed by atoms with Gasteiger partial charge in [0.2, 0.25) is 0 Å². The molecule has 0 spiro atoms. The van der Waals surface area contributed by atoms with Gasteiger partial charge >= 0.3 is 0 Å². The molecule has 1 fully saturated rings. The third kappa shape index (κ3) is 4.11. The van der Waals surface area contributed by atoms with Gasteiger partial charge in [-0.3, -0.25) is 4.90 Å². The van der Waals surface area contributed by atoms with Gasteiger partial charge in [-0.2, -0.15) is 0 Å². The highest BCUT2D eigenvalue weighted by Crippen LogP contribution is 2.29. The minimum Gasteiger partial charge on any atom is -0.330 e. The summed E-state index contributed by atoms with van der Waals surface area (Å²) in [7, 11) is 0. The lowest BCUT2D eigenvalue weighted by Gasteiger charge is -2.39. The lowest BCUT2D eigenvalue weighted by Crippen LogP contribution is -2.44. The summed E-state index contributed by atoms with van der Waals surface area (Å²) in [5.41, 5.74) is 7.14. The Morgan fingerprint density at radius 3 is 2.40 bits per heavy atom. The molecule has 0 bridgehead atoms. The predicted molar refractivity (Wildman–Crippen MR) is 87.3 cm³/mol. The van der Waals surface area contributed by atoms with E-state index in [-0.39, 0.29) is 0 Å². The van der Waals surface area contributed by atoms with Crippen LogP contribution in [0.4, 0.5) is 0 Å². The molecule has 4 heteroatoms. The highest BCUT2D eigenvalue weighted by atomic mass is 35.5. The van der Waals surface area contributed by atoms with Gasteiger partial charge in [-0.15, -0.1) is 0 Å². The van der Waals surface area contributed by atoms with Crippen LogP contribution in [0.1, 0.15) is 38.2 Å². The fraction of sp³-hybridized carbons (Fsp3) is 0.625. The maximum absolute atomic E-state index is 6.10. The van der Waals surface area contributed by atoms with Gasteiger partial charge < -0.3 is 5.73 Å². The lowest BCUT2D eigenvalue weighted by atomic mass is 9.83. The molecule has 2 rings (SSSR count). The molecule has 1 saturated carbocycles. The number of hydrogen-bond donors (Lipinski definition) is 1. The van der Waals surface area contributed by atoms with Crippen LogP contribution in [0.5, 0.6) is 0 Å². The Morgan fingerprint density at radius 2 is 1.80 bits per heavy atom. The summed E-state index contributed by atoms with van der Waals surface area (Å²) in [6, 6.07) is 6.40. The van der Waals surface area contributed by atoms with Gasteiger partial charge in [0.15, 0.2) is 0 Å². The molecule has 20 heavy (non-hydrogen) atoms. The minimum absolute atomic E-state index is 0.594. The van der Waals surface area contributed by atoms with Crippen molar-refractivity contribution in [2.24, 2.45) is 11.7 Å². The van der Waals surface area contributed by atoms with Crippen LogP contribution < -0.4 is 5.73 Å². The van der Waals surface area contributed by atoms with Gasteiger partial charge in [-0.25, -0.2) is 0 Å². The Balaban J connectivity index is 2.11. The number of nitrogens with two attached hydrogens (primary N) is 1.